The van der Waals surface area contributed by atoms with Gasteiger partial charge in [0.1, 0.15) is 0 Å². The van der Waals surface area contributed by atoms with Crippen LogP contribution in [0.25, 0.3) is 0 Å². The Morgan fingerprint density at radius 1 is 1.40 bits per heavy atom. The maximum Gasteiger partial charge on any atom is -0.0297 e. The van der Waals surface area contributed by atoms with Crippen molar-refractivity contribution in [3.63, 3.8) is 0 Å². The van der Waals surface area contributed by atoms with Crippen LogP contribution in [-0.2, 0) is 0 Å². The molecule has 0 aromatic heterocycles. The SMILES string of the molecule is CCCCC1CC1(C)CC. The number of hydrogen-bond donors (Lipinski definition) is 0. The van der Waals surface area contributed by atoms with Gasteiger partial charge in [-0.25, -0.2) is 0 Å². The molecule has 0 bridgehead atoms. The summed E-state index contributed by atoms with van der Waals surface area (Å²) >= 11 is 0. The summed E-state index contributed by atoms with van der Waals surface area (Å²) in [5, 5.41) is 0. The van der Waals surface area contributed by atoms with Crippen molar-refractivity contribution in [3.8, 4) is 0 Å². The highest BCUT2D eigenvalue weighted by Gasteiger charge is 2.46. The van der Waals surface area contributed by atoms with Crippen molar-refractivity contribution < 1.29 is 0 Å². The summed E-state index contributed by atoms with van der Waals surface area (Å²) in [4.78, 5) is 0. The fourth-order valence-corrected chi connectivity index (χ4v) is 1.84. The lowest BCUT2D eigenvalue weighted by atomic mass is 10.0. The van der Waals surface area contributed by atoms with Crippen molar-refractivity contribution in [2.75, 3.05) is 0 Å². The summed E-state index contributed by atoms with van der Waals surface area (Å²) in [7, 11) is 0. The Kier molecular flexibility index (Phi) is 2.38. The van der Waals surface area contributed by atoms with Crippen LogP contribution >= 0.6 is 0 Å². The fraction of sp³-hybridized carbons (Fsp3) is 1.00. The maximum atomic E-state index is 2.44. The summed E-state index contributed by atoms with van der Waals surface area (Å²) in [6.07, 6.45) is 7.20. The fourth-order valence-electron chi connectivity index (χ4n) is 1.84. The zero-order chi connectivity index (χ0) is 7.61. The van der Waals surface area contributed by atoms with Crippen molar-refractivity contribution in [1.82, 2.24) is 0 Å². The molecule has 2 unspecified atom stereocenters. The Hall–Kier alpha value is 0. The first-order chi connectivity index (χ1) is 4.73. The second kappa shape index (κ2) is 2.94. The van der Waals surface area contributed by atoms with Crippen LogP contribution in [0.15, 0.2) is 0 Å². The highest BCUT2D eigenvalue weighted by Crippen LogP contribution is 2.56. The van der Waals surface area contributed by atoms with Gasteiger partial charge in [-0.2, -0.15) is 0 Å². The third-order valence-electron chi connectivity index (χ3n) is 3.25. The Morgan fingerprint density at radius 3 is 2.50 bits per heavy atom. The highest BCUT2D eigenvalue weighted by molar-refractivity contribution is 4.97. The average Bonchev–Trinajstić information content (AvgIpc) is 2.59. The third-order valence-corrected chi connectivity index (χ3v) is 3.25. The molecule has 0 radical (unpaired) electrons. The van der Waals surface area contributed by atoms with Gasteiger partial charge < -0.3 is 0 Å². The molecule has 1 rings (SSSR count). The van der Waals surface area contributed by atoms with Gasteiger partial charge in [0.05, 0.1) is 0 Å². The summed E-state index contributed by atoms with van der Waals surface area (Å²) < 4.78 is 0. The Labute approximate surface area is 65.0 Å². The van der Waals surface area contributed by atoms with Crippen molar-refractivity contribution in [2.45, 2.75) is 52.9 Å². The van der Waals surface area contributed by atoms with Gasteiger partial charge >= 0.3 is 0 Å². The van der Waals surface area contributed by atoms with Crippen LogP contribution < -0.4 is 0 Å². The molecule has 0 saturated heterocycles. The Morgan fingerprint density at radius 2 is 2.10 bits per heavy atom. The van der Waals surface area contributed by atoms with Crippen LogP contribution in [-0.4, -0.2) is 0 Å². The van der Waals surface area contributed by atoms with Crippen molar-refractivity contribution >= 4 is 0 Å². The van der Waals surface area contributed by atoms with E-state index in [1.165, 1.54) is 32.1 Å². The summed E-state index contributed by atoms with van der Waals surface area (Å²) in [5.41, 5.74) is 0.759. The van der Waals surface area contributed by atoms with Crippen LogP contribution in [0.4, 0.5) is 0 Å². The molecule has 0 N–H and O–H groups in total. The molecule has 1 fully saturated rings. The molecule has 0 heteroatoms. The van der Waals surface area contributed by atoms with Crippen LogP contribution in [0.1, 0.15) is 52.9 Å². The quantitative estimate of drug-likeness (QED) is 0.559. The van der Waals surface area contributed by atoms with Crippen LogP contribution in [0.3, 0.4) is 0 Å². The van der Waals surface area contributed by atoms with E-state index in [1.807, 2.05) is 0 Å². The minimum atomic E-state index is 0.759. The number of hydrogen-bond acceptors (Lipinski definition) is 0. The van der Waals surface area contributed by atoms with Crippen molar-refractivity contribution in [3.05, 3.63) is 0 Å². The average molecular weight is 140 g/mol. The Balaban J connectivity index is 2.12. The predicted molar refractivity (Wildman–Crippen MR) is 46.0 cm³/mol. The molecule has 0 nitrogen and oxygen atoms in total. The molecular weight excluding hydrogens is 120 g/mol. The largest absolute Gasteiger partial charge is 0.0654 e. The molecule has 1 saturated carbocycles. The zero-order valence-electron chi connectivity index (χ0n) is 7.61. The molecule has 0 heterocycles. The van der Waals surface area contributed by atoms with E-state index in [-0.39, 0.29) is 0 Å². The van der Waals surface area contributed by atoms with Crippen LogP contribution in [0, 0.1) is 11.3 Å². The smallest absolute Gasteiger partial charge is 0.0297 e. The molecule has 0 amide bonds. The third kappa shape index (κ3) is 1.53. The first-order valence-electron chi connectivity index (χ1n) is 4.73. The summed E-state index contributed by atoms with van der Waals surface area (Å²) in [6.45, 7) is 7.05. The molecule has 60 valence electrons. The van der Waals surface area contributed by atoms with E-state index in [2.05, 4.69) is 20.8 Å². The molecule has 1 aliphatic rings. The van der Waals surface area contributed by atoms with E-state index in [9.17, 15) is 0 Å². The standard InChI is InChI=1S/C10H20/c1-4-6-7-9-8-10(9,3)5-2/h9H,4-8H2,1-3H3. The van der Waals surface area contributed by atoms with E-state index in [0.29, 0.717) is 0 Å². The lowest BCUT2D eigenvalue weighted by Crippen LogP contribution is -1.94. The maximum absolute atomic E-state index is 2.44. The van der Waals surface area contributed by atoms with E-state index < -0.39 is 0 Å². The van der Waals surface area contributed by atoms with Crippen LogP contribution in [0.2, 0.25) is 0 Å². The number of rotatable bonds is 4. The van der Waals surface area contributed by atoms with Crippen LogP contribution in [0.5, 0.6) is 0 Å². The summed E-state index contributed by atoms with van der Waals surface area (Å²) in [6, 6.07) is 0. The highest BCUT2D eigenvalue weighted by atomic mass is 14.5. The van der Waals surface area contributed by atoms with E-state index in [4.69, 9.17) is 0 Å². The normalized spacial score (nSPS) is 38.1. The minimum absolute atomic E-state index is 0.759. The van der Waals surface area contributed by atoms with Gasteiger partial charge in [-0.1, -0.05) is 40.0 Å². The second-order valence-electron chi connectivity index (χ2n) is 4.05. The van der Waals surface area contributed by atoms with Gasteiger partial charge in [0.25, 0.3) is 0 Å². The van der Waals surface area contributed by atoms with Gasteiger partial charge in [-0.15, -0.1) is 0 Å². The lowest BCUT2D eigenvalue weighted by molar-refractivity contribution is 0.459. The monoisotopic (exact) mass is 140 g/mol. The molecule has 1 aliphatic carbocycles. The number of unbranched alkanes of at least 4 members (excludes halogenated alkanes) is 1. The molecule has 2 atom stereocenters. The Bertz CT molecular complexity index is 107. The predicted octanol–water partition coefficient (Wildman–Crippen LogP) is 3.61. The van der Waals surface area contributed by atoms with E-state index in [1.54, 1.807) is 0 Å². The van der Waals surface area contributed by atoms with Gasteiger partial charge in [0.15, 0.2) is 0 Å². The van der Waals surface area contributed by atoms with E-state index in [0.717, 1.165) is 11.3 Å². The molecule has 0 spiro atoms. The lowest BCUT2D eigenvalue weighted by Gasteiger charge is -2.05. The first kappa shape index (κ1) is 8.10. The topological polar surface area (TPSA) is 0 Å². The first-order valence-corrected chi connectivity index (χ1v) is 4.73. The van der Waals surface area contributed by atoms with Gasteiger partial charge in [0.2, 0.25) is 0 Å². The molecule has 10 heavy (non-hydrogen) atoms. The molecule has 0 aliphatic heterocycles. The molecular formula is C10H20. The molecule has 0 aromatic carbocycles. The zero-order valence-corrected chi connectivity index (χ0v) is 7.61. The van der Waals surface area contributed by atoms with Gasteiger partial charge in [-0.05, 0) is 24.2 Å². The summed E-state index contributed by atoms with van der Waals surface area (Å²) in [5.74, 6) is 1.08. The van der Waals surface area contributed by atoms with Gasteiger partial charge in [-0.3, -0.25) is 0 Å². The van der Waals surface area contributed by atoms with Crippen molar-refractivity contribution in [2.24, 2.45) is 11.3 Å². The van der Waals surface area contributed by atoms with E-state index >= 15 is 0 Å². The van der Waals surface area contributed by atoms with Crippen molar-refractivity contribution in [1.29, 1.82) is 0 Å². The second-order valence-corrected chi connectivity index (χ2v) is 4.05. The minimum Gasteiger partial charge on any atom is -0.0654 e. The molecule has 0 aromatic rings. The van der Waals surface area contributed by atoms with Gasteiger partial charge in [0, 0.05) is 0 Å².